The summed E-state index contributed by atoms with van der Waals surface area (Å²) in [5, 5.41) is 17.4. The summed E-state index contributed by atoms with van der Waals surface area (Å²) < 4.78 is 1.63. The van der Waals surface area contributed by atoms with Crippen LogP contribution in [-0.4, -0.2) is 39.2 Å². The monoisotopic (exact) mass is 272 g/mol. The number of nitrogens with one attached hydrogen (secondary N) is 2. The minimum atomic E-state index is 0.0436. The average molecular weight is 272 g/mol. The van der Waals surface area contributed by atoms with Crippen molar-refractivity contribution >= 4 is 11.6 Å². The van der Waals surface area contributed by atoms with Gasteiger partial charge in [0.2, 0.25) is 5.91 Å². The van der Waals surface area contributed by atoms with Crippen molar-refractivity contribution in [3.63, 3.8) is 0 Å². The van der Waals surface area contributed by atoms with Crippen molar-refractivity contribution in [3.8, 4) is 5.69 Å². The predicted octanol–water partition coefficient (Wildman–Crippen LogP) is 0.519. The van der Waals surface area contributed by atoms with Crippen molar-refractivity contribution in [1.82, 2.24) is 25.5 Å². The van der Waals surface area contributed by atoms with Crippen molar-refractivity contribution in [2.45, 2.75) is 13.3 Å². The molecule has 0 radical (unpaired) electrons. The quantitative estimate of drug-likeness (QED) is 0.847. The lowest BCUT2D eigenvalue weighted by Crippen LogP contribution is -2.43. The molecular formula is C13H16N6O. The zero-order valence-electron chi connectivity index (χ0n) is 11.2. The fraction of sp³-hybridized carbons (Fsp3) is 0.385. The summed E-state index contributed by atoms with van der Waals surface area (Å²) in [6, 6.07) is 7.49. The summed E-state index contributed by atoms with van der Waals surface area (Å²) in [4.78, 5) is 11.9. The summed E-state index contributed by atoms with van der Waals surface area (Å²) in [7, 11) is 0. The van der Waals surface area contributed by atoms with E-state index >= 15 is 0 Å². The molecule has 7 heteroatoms. The van der Waals surface area contributed by atoms with Crippen LogP contribution in [0.1, 0.15) is 12.2 Å². The van der Waals surface area contributed by atoms with E-state index in [-0.39, 0.29) is 5.91 Å². The second-order valence-corrected chi connectivity index (χ2v) is 4.96. The van der Waals surface area contributed by atoms with Crippen LogP contribution >= 0.6 is 0 Å². The van der Waals surface area contributed by atoms with Crippen molar-refractivity contribution in [3.05, 3.63) is 30.1 Å². The van der Waals surface area contributed by atoms with Crippen molar-refractivity contribution in [1.29, 1.82) is 0 Å². The maximum Gasteiger partial charge on any atom is 0.224 e. The van der Waals surface area contributed by atoms with Crippen LogP contribution in [0, 0.1) is 12.8 Å². The number of aryl methyl sites for hydroxylation is 1. The molecule has 0 saturated carbocycles. The third kappa shape index (κ3) is 2.67. The molecule has 0 spiro atoms. The highest BCUT2D eigenvalue weighted by molar-refractivity contribution is 5.91. The molecule has 0 aliphatic carbocycles. The second kappa shape index (κ2) is 5.38. The normalized spacial score (nSPS) is 14.8. The number of rotatable bonds is 4. The van der Waals surface area contributed by atoms with Gasteiger partial charge >= 0.3 is 0 Å². The average Bonchev–Trinajstić information content (AvgIpc) is 2.81. The Balaban J connectivity index is 1.71. The maximum absolute atomic E-state index is 11.9. The van der Waals surface area contributed by atoms with Gasteiger partial charge in [-0.25, -0.2) is 0 Å². The Morgan fingerprint density at radius 2 is 2.35 bits per heavy atom. The van der Waals surface area contributed by atoms with Gasteiger partial charge in [-0.05, 0) is 54.6 Å². The first-order valence-electron chi connectivity index (χ1n) is 6.58. The Morgan fingerprint density at radius 1 is 1.50 bits per heavy atom. The van der Waals surface area contributed by atoms with E-state index in [1.165, 1.54) is 0 Å². The highest BCUT2D eigenvalue weighted by atomic mass is 16.1. The number of hydrogen-bond donors (Lipinski definition) is 2. The Labute approximate surface area is 116 Å². The molecule has 1 fully saturated rings. The van der Waals surface area contributed by atoms with Crippen LogP contribution in [0.4, 0.5) is 5.69 Å². The number of amides is 1. The summed E-state index contributed by atoms with van der Waals surface area (Å²) >= 11 is 0. The topological polar surface area (TPSA) is 84.7 Å². The third-order valence-corrected chi connectivity index (χ3v) is 3.34. The molecule has 104 valence electrons. The van der Waals surface area contributed by atoms with Crippen LogP contribution < -0.4 is 10.6 Å². The highest BCUT2D eigenvalue weighted by Gasteiger charge is 2.20. The number of hydrogen-bond acceptors (Lipinski definition) is 5. The molecule has 0 bridgehead atoms. The molecule has 20 heavy (non-hydrogen) atoms. The molecule has 7 nitrogen and oxygen atoms in total. The molecule has 3 rings (SSSR count). The summed E-state index contributed by atoms with van der Waals surface area (Å²) in [6.07, 6.45) is 0.557. The summed E-state index contributed by atoms with van der Waals surface area (Å²) in [5.74, 6) is 1.20. The first-order valence-corrected chi connectivity index (χ1v) is 6.58. The molecule has 0 unspecified atom stereocenters. The van der Waals surface area contributed by atoms with Crippen LogP contribution in [0.5, 0.6) is 0 Å². The second-order valence-electron chi connectivity index (χ2n) is 4.96. The molecule has 1 aliphatic heterocycles. The molecule has 1 aromatic heterocycles. The standard InChI is InChI=1S/C13H16N6O/c1-9-16-17-18-19(9)12-4-2-3-11(6-12)15-13(20)5-10-7-14-8-10/h2-4,6,10,14H,5,7-8H2,1H3,(H,15,20). The predicted molar refractivity (Wildman–Crippen MR) is 73.5 cm³/mol. The zero-order valence-corrected chi connectivity index (χ0v) is 11.2. The zero-order chi connectivity index (χ0) is 13.9. The molecule has 2 aromatic rings. The lowest BCUT2D eigenvalue weighted by molar-refractivity contribution is -0.117. The number of anilines is 1. The van der Waals surface area contributed by atoms with E-state index in [2.05, 4.69) is 26.2 Å². The van der Waals surface area contributed by atoms with Gasteiger partial charge in [0.1, 0.15) is 0 Å². The van der Waals surface area contributed by atoms with Gasteiger partial charge in [-0.15, -0.1) is 5.10 Å². The van der Waals surface area contributed by atoms with Gasteiger partial charge in [-0.1, -0.05) is 6.07 Å². The fourth-order valence-electron chi connectivity index (χ4n) is 2.15. The van der Waals surface area contributed by atoms with Gasteiger partial charge in [-0.3, -0.25) is 4.79 Å². The van der Waals surface area contributed by atoms with E-state index < -0.39 is 0 Å². The van der Waals surface area contributed by atoms with Crippen LogP contribution in [0.2, 0.25) is 0 Å². The SMILES string of the molecule is Cc1nnnn1-c1cccc(NC(=O)CC2CNC2)c1. The summed E-state index contributed by atoms with van der Waals surface area (Å²) in [6.45, 7) is 3.68. The molecular weight excluding hydrogens is 256 g/mol. The van der Waals surface area contributed by atoms with Gasteiger partial charge in [0.15, 0.2) is 5.82 Å². The first-order chi connectivity index (χ1) is 9.72. The van der Waals surface area contributed by atoms with Gasteiger partial charge in [-0.2, -0.15) is 4.68 Å². The van der Waals surface area contributed by atoms with Crippen LogP contribution in [0.15, 0.2) is 24.3 Å². The lowest BCUT2D eigenvalue weighted by atomic mass is 9.99. The van der Waals surface area contributed by atoms with E-state index in [9.17, 15) is 4.79 Å². The largest absolute Gasteiger partial charge is 0.326 e. The molecule has 1 amide bonds. The van der Waals surface area contributed by atoms with Gasteiger partial charge in [0.05, 0.1) is 5.69 Å². The maximum atomic E-state index is 11.9. The number of nitrogens with zero attached hydrogens (tertiary/aromatic N) is 4. The Bertz CT molecular complexity index is 619. The molecule has 2 N–H and O–H groups in total. The Morgan fingerprint density at radius 3 is 3.00 bits per heavy atom. The van der Waals surface area contributed by atoms with Gasteiger partial charge in [0.25, 0.3) is 0 Å². The first kappa shape index (κ1) is 12.7. The smallest absolute Gasteiger partial charge is 0.224 e. The number of benzene rings is 1. The van der Waals surface area contributed by atoms with Crippen LogP contribution in [0.3, 0.4) is 0 Å². The Hall–Kier alpha value is -2.28. The minimum absolute atomic E-state index is 0.0436. The van der Waals surface area contributed by atoms with Crippen LogP contribution in [-0.2, 0) is 4.79 Å². The number of carbonyl (C=O) groups excluding carboxylic acids is 1. The van der Waals surface area contributed by atoms with E-state index in [4.69, 9.17) is 0 Å². The van der Waals surface area contributed by atoms with E-state index in [0.29, 0.717) is 18.2 Å². The van der Waals surface area contributed by atoms with Crippen molar-refractivity contribution in [2.75, 3.05) is 18.4 Å². The van der Waals surface area contributed by atoms with Gasteiger partial charge < -0.3 is 10.6 Å². The van der Waals surface area contributed by atoms with Crippen molar-refractivity contribution in [2.24, 2.45) is 5.92 Å². The number of carbonyl (C=O) groups is 1. The molecule has 1 saturated heterocycles. The molecule has 1 aromatic carbocycles. The van der Waals surface area contributed by atoms with Crippen LogP contribution in [0.25, 0.3) is 5.69 Å². The van der Waals surface area contributed by atoms with E-state index in [1.807, 2.05) is 31.2 Å². The molecule has 1 aliphatic rings. The Kier molecular flexibility index (Phi) is 3.42. The highest BCUT2D eigenvalue weighted by Crippen LogP contribution is 2.16. The third-order valence-electron chi connectivity index (χ3n) is 3.34. The fourth-order valence-corrected chi connectivity index (χ4v) is 2.15. The van der Waals surface area contributed by atoms with Gasteiger partial charge in [0, 0.05) is 12.1 Å². The molecule has 2 heterocycles. The lowest BCUT2D eigenvalue weighted by Gasteiger charge is -2.26. The van der Waals surface area contributed by atoms with E-state index in [0.717, 1.165) is 24.5 Å². The van der Waals surface area contributed by atoms with E-state index in [1.54, 1.807) is 4.68 Å². The number of tetrazole rings is 1. The molecule has 0 atom stereocenters. The summed E-state index contributed by atoms with van der Waals surface area (Å²) in [5.41, 5.74) is 1.59. The van der Waals surface area contributed by atoms with Crippen molar-refractivity contribution < 1.29 is 4.79 Å². The minimum Gasteiger partial charge on any atom is -0.326 e. The number of aromatic nitrogens is 4.